The Morgan fingerprint density at radius 2 is 1.92 bits per heavy atom. The van der Waals surface area contributed by atoms with Crippen molar-refractivity contribution < 1.29 is 0 Å². The summed E-state index contributed by atoms with van der Waals surface area (Å²) in [6.45, 7) is 5.84. The summed E-state index contributed by atoms with van der Waals surface area (Å²) in [5.41, 5.74) is 6.94. The summed E-state index contributed by atoms with van der Waals surface area (Å²) in [7, 11) is 2.23. The van der Waals surface area contributed by atoms with Gasteiger partial charge in [0.2, 0.25) is 0 Å². The zero-order valence-electron chi connectivity index (χ0n) is 9.14. The SMILES string of the molecule is CN1CCCCC1C1(N)CC1(C)C. The molecule has 13 heavy (non-hydrogen) atoms. The molecule has 2 heteroatoms. The Labute approximate surface area is 81.5 Å². The number of likely N-dealkylation sites (N-methyl/N-ethyl adjacent to an activating group) is 1. The molecular weight excluding hydrogens is 160 g/mol. The Morgan fingerprint density at radius 3 is 2.38 bits per heavy atom. The molecule has 0 radical (unpaired) electrons. The number of nitrogens with two attached hydrogens (primary N) is 1. The van der Waals surface area contributed by atoms with Crippen molar-refractivity contribution in [3.05, 3.63) is 0 Å². The third kappa shape index (κ3) is 1.31. The molecule has 2 atom stereocenters. The molecule has 2 unspecified atom stereocenters. The van der Waals surface area contributed by atoms with Crippen molar-refractivity contribution in [3.8, 4) is 0 Å². The van der Waals surface area contributed by atoms with E-state index in [0.29, 0.717) is 11.5 Å². The van der Waals surface area contributed by atoms with E-state index in [4.69, 9.17) is 5.73 Å². The fraction of sp³-hybridized carbons (Fsp3) is 1.00. The molecule has 1 saturated heterocycles. The van der Waals surface area contributed by atoms with Crippen LogP contribution in [0.1, 0.15) is 39.5 Å². The maximum Gasteiger partial charge on any atom is 0.0370 e. The van der Waals surface area contributed by atoms with Crippen LogP contribution in [0, 0.1) is 5.41 Å². The second-order valence-electron chi connectivity index (χ2n) is 5.59. The van der Waals surface area contributed by atoms with Gasteiger partial charge in [-0.15, -0.1) is 0 Å². The quantitative estimate of drug-likeness (QED) is 0.667. The largest absolute Gasteiger partial charge is 0.323 e. The van der Waals surface area contributed by atoms with E-state index in [1.165, 1.54) is 32.2 Å². The lowest BCUT2D eigenvalue weighted by atomic mass is 9.90. The third-order valence-corrected chi connectivity index (χ3v) is 4.23. The minimum Gasteiger partial charge on any atom is -0.323 e. The zero-order chi connectivity index (χ0) is 9.69. The van der Waals surface area contributed by atoms with Gasteiger partial charge >= 0.3 is 0 Å². The van der Waals surface area contributed by atoms with Crippen molar-refractivity contribution in [1.82, 2.24) is 4.90 Å². The van der Waals surface area contributed by atoms with Crippen LogP contribution in [0.3, 0.4) is 0 Å². The van der Waals surface area contributed by atoms with Crippen LogP contribution < -0.4 is 5.73 Å². The molecule has 76 valence electrons. The van der Waals surface area contributed by atoms with E-state index in [-0.39, 0.29) is 5.54 Å². The Morgan fingerprint density at radius 1 is 1.31 bits per heavy atom. The lowest BCUT2D eigenvalue weighted by Crippen LogP contribution is -2.52. The van der Waals surface area contributed by atoms with Gasteiger partial charge in [0, 0.05) is 11.6 Å². The molecule has 0 spiro atoms. The van der Waals surface area contributed by atoms with Gasteiger partial charge in [-0.2, -0.15) is 0 Å². The van der Waals surface area contributed by atoms with Gasteiger partial charge < -0.3 is 10.6 Å². The molecule has 2 fully saturated rings. The van der Waals surface area contributed by atoms with E-state index in [9.17, 15) is 0 Å². The molecule has 1 heterocycles. The molecule has 2 rings (SSSR count). The summed E-state index contributed by atoms with van der Waals surface area (Å²) in [5, 5.41) is 0. The smallest absolute Gasteiger partial charge is 0.0370 e. The van der Waals surface area contributed by atoms with Gasteiger partial charge in [-0.3, -0.25) is 0 Å². The lowest BCUT2D eigenvalue weighted by molar-refractivity contribution is 0.136. The average molecular weight is 182 g/mol. The molecule has 0 bridgehead atoms. The molecule has 2 aliphatic rings. The summed E-state index contributed by atoms with van der Waals surface area (Å²) < 4.78 is 0. The van der Waals surface area contributed by atoms with E-state index < -0.39 is 0 Å². The van der Waals surface area contributed by atoms with E-state index >= 15 is 0 Å². The Kier molecular flexibility index (Phi) is 1.97. The second kappa shape index (κ2) is 2.71. The van der Waals surface area contributed by atoms with Crippen LogP contribution in [-0.2, 0) is 0 Å². The molecule has 2 nitrogen and oxygen atoms in total. The van der Waals surface area contributed by atoms with Gasteiger partial charge in [-0.25, -0.2) is 0 Å². The maximum absolute atomic E-state index is 6.45. The van der Waals surface area contributed by atoms with E-state index in [2.05, 4.69) is 25.8 Å². The predicted molar refractivity (Wildman–Crippen MR) is 55.6 cm³/mol. The number of likely N-dealkylation sites (tertiary alicyclic amines) is 1. The number of nitrogens with zero attached hydrogens (tertiary/aromatic N) is 1. The first-order valence-electron chi connectivity index (χ1n) is 5.46. The molecule has 1 aliphatic carbocycles. The summed E-state index contributed by atoms with van der Waals surface area (Å²) in [4.78, 5) is 2.47. The molecule has 0 aromatic carbocycles. The lowest BCUT2D eigenvalue weighted by Gasteiger charge is -2.38. The van der Waals surface area contributed by atoms with Crippen LogP contribution in [0.25, 0.3) is 0 Å². The molecule has 0 aromatic rings. The van der Waals surface area contributed by atoms with Gasteiger partial charge in [0.1, 0.15) is 0 Å². The summed E-state index contributed by atoms with van der Waals surface area (Å²) in [6.07, 6.45) is 5.22. The van der Waals surface area contributed by atoms with Crippen LogP contribution in [0.5, 0.6) is 0 Å². The van der Waals surface area contributed by atoms with Crippen LogP contribution in [0.2, 0.25) is 0 Å². The zero-order valence-corrected chi connectivity index (χ0v) is 9.14. The van der Waals surface area contributed by atoms with Gasteiger partial charge in [0.05, 0.1) is 0 Å². The first kappa shape index (κ1) is 9.47. The number of rotatable bonds is 1. The van der Waals surface area contributed by atoms with Crippen molar-refractivity contribution in [3.63, 3.8) is 0 Å². The van der Waals surface area contributed by atoms with Crippen molar-refractivity contribution >= 4 is 0 Å². The summed E-state index contributed by atoms with van der Waals surface area (Å²) in [5.74, 6) is 0. The van der Waals surface area contributed by atoms with Gasteiger partial charge in [0.25, 0.3) is 0 Å². The number of piperidine rings is 1. The fourth-order valence-electron chi connectivity index (χ4n) is 2.98. The monoisotopic (exact) mass is 182 g/mol. The van der Waals surface area contributed by atoms with Crippen molar-refractivity contribution in [2.45, 2.75) is 51.1 Å². The maximum atomic E-state index is 6.45. The first-order valence-corrected chi connectivity index (χ1v) is 5.46. The van der Waals surface area contributed by atoms with Gasteiger partial charge in [-0.1, -0.05) is 20.3 Å². The molecular formula is C11H22N2. The van der Waals surface area contributed by atoms with Crippen molar-refractivity contribution in [1.29, 1.82) is 0 Å². The second-order valence-corrected chi connectivity index (χ2v) is 5.59. The van der Waals surface area contributed by atoms with Gasteiger partial charge in [0.15, 0.2) is 0 Å². The van der Waals surface area contributed by atoms with Crippen LogP contribution >= 0.6 is 0 Å². The third-order valence-electron chi connectivity index (χ3n) is 4.23. The molecule has 1 aliphatic heterocycles. The minimum absolute atomic E-state index is 0.113. The van der Waals surface area contributed by atoms with Crippen molar-refractivity contribution in [2.75, 3.05) is 13.6 Å². The number of hydrogen-bond acceptors (Lipinski definition) is 2. The summed E-state index contributed by atoms with van der Waals surface area (Å²) in [6, 6.07) is 0.635. The fourth-order valence-corrected chi connectivity index (χ4v) is 2.98. The number of hydrogen-bond donors (Lipinski definition) is 1. The highest BCUT2D eigenvalue weighted by atomic mass is 15.2. The Bertz CT molecular complexity index is 212. The van der Waals surface area contributed by atoms with E-state index in [1.54, 1.807) is 0 Å². The predicted octanol–water partition coefficient (Wildman–Crippen LogP) is 1.60. The van der Waals surface area contributed by atoms with Crippen LogP contribution in [0.4, 0.5) is 0 Å². The topological polar surface area (TPSA) is 29.3 Å². The van der Waals surface area contributed by atoms with Gasteiger partial charge in [-0.05, 0) is 38.3 Å². The normalized spacial score (nSPS) is 44.8. The van der Waals surface area contributed by atoms with E-state index in [1.807, 2.05) is 0 Å². The van der Waals surface area contributed by atoms with Crippen molar-refractivity contribution in [2.24, 2.45) is 11.1 Å². The molecule has 2 N–H and O–H groups in total. The standard InChI is InChI=1S/C11H22N2/c1-10(2)8-11(10,12)9-6-4-5-7-13(9)3/h9H,4-8,12H2,1-3H3. The Balaban J connectivity index is 2.08. The average Bonchev–Trinajstić information content (AvgIpc) is 2.53. The molecule has 0 amide bonds. The molecule has 1 saturated carbocycles. The highest BCUT2D eigenvalue weighted by Gasteiger charge is 2.63. The van der Waals surface area contributed by atoms with Crippen LogP contribution in [0.15, 0.2) is 0 Å². The minimum atomic E-state index is 0.113. The molecule has 0 aromatic heterocycles. The summed E-state index contributed by atoms with van der Waals surface area (Å²) >= 11 is 0. The highest BCUT2D eigenvalue weighted by molar-refractivity contribution is 5.21. The van der Waals surface area contributed by atoms with Crippen LogP contribution in [-0.4, -0.2) is 30.1 Å². The Hall–Kier alpha value is -0.0800. The highest BCUT2D eigenvalue weighted by Crippen LogP contribution is 2.57. The first-order chi connectivity index (χ1) is 5.97. The van der Waals surface area contributed by atoms with E-state index in [0.717, 1.165) is 0 Å².